The molecule has 3 aromatic rings. The van der Waals surface area contributed by atoms with Crippen molar-refractivity contribution in [2.75, 3.05) is 11.9 Å². The van der Waals surface area contributed by atoms with E-state index in [0.717, 1.165) is 22.6 Å². The smallest absolute Gasteiger partial charge is 0.305 e. The number of nitro groups is 1. The molecule has 28 heavy (non-hydrogen) atoms. The molecule has 1 aromatic heterocycles. The number of benzene rings is 2. The van der Waals surface area contributed by atoms with Crippen molar-refractivity contribution in [1.82, 2.24) is 4.98 Å². The predicted molar refractivity (Wildman–Crippen MR) is 98.5 cm³/mol. The first kappa shape index (κ1) is 19.4. The highest BCUT2D eigenvalue weighted by molar-refractivity contribution is 7.15. The third-order valence-electron chi connectivity index (χ3n) is 3.55. The summed E-state index contributed by atoms with van der Waals surface area (Å²) in [6, 6.07) is 9.20. The summed E-state index contributed by atoms with van der Waals surface area (Å²) < 4.78 is 31.9. The molecule has 0 saturated carbocycles. The Morgan fingerprint density at radius 1 is 1.25 bits per heavy atom. The molecule has 1 N–H and O–H groups in total. The number of nitrogens with one attached hydrogen (secondary N) is 1. The Labute approximate surface area is 161 Å². The van der Waals surface area contributed by atoms with E-state index in [1.54, 1.807) is 18.3 Å². The minimum absolute atomic E-state index is 0.0100. The molecule has 10 heteroatoms. The second kappa shape index (κ2) is 8.53. The third-order valence-corrected chi connectivity index (χ3v) is 4.47. The number of carbonyl (C=O) groups excluding carboxylic acids is 1. The number of halogens is 2. The molecule has 0 aliphatic carbocycles. The first-order valence-corrected chi connectivity index (χ1v) is 8.78. The number of thiazole rings is 1. The first-order chi connectivity index (χ1) is 13.4. The topological polar surface area (TPSA) is 94.4 Å². The molecule has 0 bridgehead atoms. The van der Waals surface area contributed by atoms with Crippen LogP contribution in [0, 0.1) is 21.7 Å². The van der Waals surface area contributed by atoms with Crippen LogP contribution in [-0.2, 0) is 11.2 Å². The monoisotopic (exact) mass is 405 g/mol. The van der Waals surface area contributed by atoms with Gasteiger partial charge >= 0.3 is 5.69 Å². The first-order valence-electron chi connectivity index (χ1n) is 7.96. The van der Waals surface area contributed by atoms with E-state index in [4.69, 9.17) is 4.74 Å². The molecular weight excluding hydrogens is 392 g/mol. The second-order valence-corrected chi connectivity index (χ2v) is 6.76. The summed E-state index contributed by atoms with van der Waals surface area (Å²) in [5.41, 5.74) is 0.107. The van der Waals surface area contributed by atoms with Crippen LogP contribution in [0.3, 0.4) is 0 Å². The molecule has 3 rings (SSSR count). The maximum atomic E-state index is 13.5. The summed E-state index contributed by atoms with van der Waals surface area (Å²) >= 11 is 1.24. The van der Waals surface area contributed by atoms with Gasteiger partial charge in [0.05, 0.1) is 4.92 Å². The lowest BCUT2D eigenvalue weighted by atomic mass is 10.1. The molecule has 1 heterocycles. The van der Waals surface area contributed by atoms with Crippen molar-refractivity contribution in [3.05, 3.63) is 80.9 Å². The van der Waals surface area contributed by atoms with Gasteiger partial charge in [-0.2, -0.15) is 4.39 Å². The summed E-state index contributed by atoms with van der Waals surface area (Å²) in [7, 11) is 0. The van der Waals surface area contributed by atoms with Gasteiger partial charge in [-0.25, -0.2) is 9.37 Å². The molecule has 2 aromatic carbocycles. The van der Waals surface area contributed by atoms with Crippen LogP contribution in [0.15, 0.2) is 48.7 Å². The molecule has 0 radical (unpaired) electrons. The van der Waals surface area contributed by atoms with E-state index in [1.165, 1.54) is 29.5 Å². The van der Waals surface area contributed by atoms with Crippen LogP contribution in [0.1, 0.15) is 10.4 Å². The van der Waals surface area contributed by atoms with E-state index in [2.05, 4.69) is 10.3 Å². The lowest BCUT2D eigenvalue weighted by molar-refractivity contribution is -0.387. The number of hydrogen-bond donors (Lipinski definition) is 1. The number of nitrogens with zero attached hydrogens (tertiary/aromatic N) is 2. The van der Waals surface area contributed by atoms with Crippen molar-refractivity contribution < 1.29 is 23.2 Å². The summed E-state index contributed by atoms with van der Waals surface area (Å²) in [5.74, 6) is -1.91. The van der Waals surface area contributed by atoms with E-state index >= 15 is 0 Å². The Balaban J connectivity index is 1.53. The highest BCUT2D eigenvalue weighted by Gasteiger charge is 2.15. The van der Waals surface area contributed by atoms with Gasteiger partial charge in [0.1, 0.15) is 11.6 Å². The fraction of sp³-hybridized carbons (Fsp3) is 0.111. The molecular formula is C18H13F2N3O4S. The Bertz CT molecular complexity index is 1030. The van der Waals surface area contributed by atoms with Crippen LogP contribution in [0.25, 0.3) is 0 Å². The van der Waals surface area contributed by atoms with Gasteiger partial charge in [0.2, 0.25) is 5.82 Å². The fourth-order valence-electron chi connectivity index (χ4n) is 2.32. The molecule has 144 valence electrons. The molecule has 0 saturated heterocycles. The number of ether oxygens (including phenoxy) is 1. The van der Waals surface area contributed by atoms with Crippen LogP contribution in [0.2, 0.25) is 0 Å². The largest absolute Gasteiger partial charge is 0.484 e. The Morgan fingerprint density at radius 3 is 2.79 bits per heavy atom. The maximum absolute atomic E-state index is 13.5. The minimum Gasteiger partial charge on any atom is -0.484 e. The van der Waals surface area contributed by atoms with E-state index < -0.39 is 28.9 Å². The zero-order valence-electron chi connectivity index (χ0n) is 14.2. The van der Waals surface area contributed by atoms with Crippen molar-refractivity contribution in [2.45, 2.75) is 6.42 Å². The standard InChI is InChI=1S/C18H13F2N3O4S/c19-12-3-1-2-11(6-12)7-14-9-21-18(28-14)22-17(24)10-27-13-4-5-16(23(25)26)15(20)8-13/h1-6,8-9H,7,10H2,(H,21,22,24). The summed E-state index contributed by atoms with van der Waals surface area (Å²) in [5, 5.41) is 13.5. The van der Waals surface area contributed by atoms with Crippen molar-refractivity contribution in [2.24, 2.45) is 0 Å². The van der Waals surface area contributed by atoms with Gasteiger partial charge in [0.25, 0.3) is 5.91 Å². The van der Waals surface area contributed by atoms with Gasteiger partial charge in [-0.1, -0.05) is 12.1 Å². The van der Waals surface area contributed by atoms with Crippen molar-refractivity contribution in [3.8, 4) is 5.75 Å². The second-order valence-electron chi connectivity index (χ2n) is 5.65. The van der Waals surface area contributed by atoms with Crippen molar-refractivity contribution in [1.29, 1.82) is 0 Å². The van der Waals surface area contributed by atoms with Gasteiger partial charge in [-0.05, 0) is 23.8 Å². The SMILES string of the molecule is O=C(COc1ccc([N+](=O)[O-])c(F)c1)Nc1ncc(Cc2cccc(F)c2)s1. The number of hydrogen-bond acceptors (Lipinski definition) is 6. The highest BCUT2D eigenvalue weighted by Crippen LogP contribution is 2.23. The number of anilines is 1. The van der Waals surface area contributed by atoms with Crippen LogP contribution in [-0.4, -0.2) is 22.4 Å². The summed E-state index contributed by atoms with van der Waals surface area (Å²) in [6.07, 6.45) is 2.06. The van der Waals surface area contributed by atoms with Gasteiger partial charge in [0.15, 0.2) is 11.7 Å². The molecule has 0 unspecified atom stereocenters. The maximum Gasteiger partial charge on any atom is 0.305 e. The normalized spacial score (nSPS) is 10.5. The highest BCUT2D eigenvalue weighted by atomic mass is 32.1. The molecule has 0 aliphatic heterocycles. The summed E-state index contributed by atoms with van der Waals surface area (Å²) in [4.78, 5) is 26.6. The number of aromatic nitrogens is 1. The lowest BCUT2D eigenvalue weighted by Gasteiger charge is -2.06. The van der Waals surface area contributed by atoms with E-state index in [1.807, 2.05) is 0 Å². The molecule has 0 fully saturated rings. The fourth-order valence-corrected chi connectivity index (χ4v) is 3.19. The average Bonchev–Trinajstić information content (AvgIpc) is 3.06. The molecule has 0 spiro atoms. The molecule has 0 atom stereocenters. The quantitative estimate of drug-likeness (QED) is 0.475. The average molecular weight is 405 g/mol. The zero-order valence-corrected chi connectivity index (χ0v) is 15.0. The number of nitro benzene ring substituents is 1. The molecule has 7 nitrogen and oxygen atoms in total. The number of rotatable bonds is 7. The van der Waals surface area contributed by atoms with Gasteiger partial charge in [-0.15, -0.1) is 11.3 Å². The van der Waals surface area contributed by atoms with Gasteiger partial charge < -0.3 is 4.74 Å². The Hall–Kier alpha value is -3.40. The Morgan fingerprint density at radius 2 is 2.07 bits per heavy atom. The summed E-state index contributed by atoms with van der Waals surface area (Å²) in [6.45, 7) is -0.421. The van der Waals surface area contributed by atoms with E-state index in [0.29, 0.717) is 11.6 Å². The van der Waals surface area contributed by atoms with Crippen LogP contribution < -0.4 is 10.1 Å². The van der Waals surface area contributed by atoms with Crippen LogP contribution in [0.5, 0.6) is 5.75 Å². The minimum atomic E-state index is -1.05. The third kappa shape index (κ3) is 5.07. The van der Waals surface area contributed by atoms with E-state index in [9.17, 15) is 23.7 Å². The van der Waals surface area contributed by atoms with Crippen molar-refractivity contribution >= 4 is 28.1 Å². The van der Waals surface area contributed by atoms with Gasteiger partial charge in [0, 0.05) is 29.6 Å². The van der Waals surface area contributed by atoms with Gasteiger partial charge in [-0.3, -0.25) is 20.2 Å². The van der Waals surface area contributed by atoms with Crippen LogP contribution in [0.4, 0.5) is 19.6 Å². The Kier molecular flexibility index (Phi) is 5.90. The zero-order chi connectivity index (χ0) is 20.1. The number of amides is 1. The number of carbonyl (C=O) groups is 1. The van der Waals surface area contributed by atoms with Crippen molar-refractivity contribution in [3.63, 3.8) is 0 Å². The molecule has 1 amide bonds. The predicted octanol–water partition coefficient (Wildman–Crippen LogP) is 3.94. The van der Waals surface area contributed by atoms with Crippen LogP contribution >= 0.6 is 11.3 Å². The lowest BCUT2D eigenvalue weighted by Crippen LogP contribution is -2.20. The van der Waals surface area contributed by atoms with E-state index in [-0.39, 0.29) is 11.6 Å². The molecule has 0 aliphatic rings.